The molecule has 102 valence electrons. The summed E-state index contributed by atoms with van der Waals surface area (Å²) < 4.78 is 16.4. The minimum absolute atomic E-state index is 0.214. The van der Waals surface area contributed by atoms with Crippen molar-refractivity contribution in [1.29, 1.82) is 0 Å². The van der Waals surface area contributed by atoms with Crippen molar-refractivity contribution in [3.63, 3.8) is 0 Å². The molecule has 0 radical (unpaired) electrons. The van der Waals surface area contributed by atoms with E-state index in [4.69, 9.17) is 5.73 Å². The van der Waals surface area contributed by atoms with Gasteiger partial charge in [-0.25, -0.2) is 4.39 Å². The van der Waals surface area contributed by atoms with Gasteiger partial charge in [0.2, 0.25) is 0 Å². The van der Waals surface area contributed by atoms with Crippen LogP contribution in [-0.4, -0.2) is 0 Å². The second-order valence-corrected chi connectivity index (χ2v) is 6.50. The van der Waals surface area contributed by atoms with Crippen molar-refractivity contribution >= 4 is 37.4 Å². The largest absolute Gasteiger partial charge is 0.320 e. The molecule has 3 aromatic rings. The Hall–Kier alpha value is -1.23. The van der Waals surface area contributed by atoms with Gasteiger partial charge in [-0.2, -0.15) is 0 Å². The molecule has 2 aromatic carbocycles. The number of hydrogen-bond acceptors (Lipinski definition) is 2. The van der Waals surface area contributed by atoms with E-state index in [1.807, 2.05) is 29.6 Å². The van der Waals surface area contributed by atoms with Crippen molar-refractivity contribution < 1.29 is 4.39 Å². The molecule has 1 unspecified atom stereocenters. The van der Waals surface area contributed by atoms with E-state index >= 15 is 0 Å². The molecule has 1 atom stereocenters. The summed E-state index contributed by atoms with van der Waals surface area (Å²) in [4.78, 5) is 0. The monoisotopic (exact) mass is 349 g/mol. The minimum Gasteiger partial charge on any atom is -0.320 e. The van der Waals surface area contributed by atoms with Crippen LogP contribution in [-0.2, 0) is 0 Å². The number of rotatable bonds is 2. The number of benzene rings is 2. The molecule has 4 heteroatoms. The number of hydrogen-bond donors (Lipinski definition) is 1. The van der Waals surface area contributed by atoms with Crippen molar-refractivity contribution in [2.75, 3.05) is 0 Å². The number of aryl methyl sites for hydroxylation is 1. The molecule has 0 bridgehead atoms. The Morgan fingerprint density at radius 2 is 1.90 bits per heavy atom. The van der Waals surface area contributed by atoms with Crippen LogP contribution in [0.1, 0.15) is 22.7 Å². The lowest BCUT2D eigenvalue weighted by Gasteiger charge is -2.14. The molecule has 2 N–H and O–H groups in total. The highest BCUT2D eigenvalue weighted by atomic mass is 79.9. The topological polar surface area (TPSA) is 26.0 Å². The molecule has 0 spiro atoms. The summed E-state index contributed by atoms with van der Waals surface area (Å²) >= 11 is 5.16. The zero-order valence-electron chi connectivity index (χ0n) is 10.9. The van der Waals surface area contributed by atoms with Crippen LogP contribution in [0, 0.1) is 12.7 Å². The predicted molar refractivity (Wildman–Crippen MR) is 86.7 cm³/mol. The quantitative estimate of drug-likeness (QED) is 0.679. The van der Waals surface area contributed by atoms with E-state index in [1.54, 1.807) is 30.4 Å². The normalized spacial score (nSPS) is 12.8. The van der Waals surface area contributed by atoms with Crippen molar-refractivity contribution in [2.45, 2.75) is 13.0 Å². The summed E-state index contributed by atoms with van der Waals surface area (Å²) in [5, 5.41) is 3.10. The zero-order chi connectivity index (χ0) is 14.3. The van der Waals surface area contributed by atoms with E-state index in [1.165, 1.54) is 0 Å². The molecule has 0 aliphatic rings. The fourth-order valence-corrected chi connectivity index (χ4v) is 4.02. The molecular weight excluding hydrogens is 337 g/mol. The van der Waals surface area contributed by atoms with Crippen molar-refractivity contribution in [3.8, 4) is 0 Å². The summed E-state index contributed by atoms with van der Waals surface area (Å²) in [5.41, 5.74) is 8.44. The predicted octanol–water partition coefficient (Wildman–Crippen LogP) is 5.16. The zero-order valence-corrected chi connectivity index (χ0v) is 13.3. The molecule has 0 saturated heterocycles. The van der Waals surface area contributed by atoms with Gasteiger partial charge in [-0.1, -0.05) is 30.3 Å². The molecule has 0 aliphatic carbocycles. The van der Waals surface area contributed by atoms with Crippen LogP contribution in [0.2, 0.25) is 0 Å². The maximum absolute atomic E-state index is 14.2. The summed E-state index contributed by atoms with van der Waals surface area (Å²) in [7, 11) is 0. The van der Waals surface area contributed by atoms with E-state index in [2.05, 4.69) is 15.9 Å². The molecule has 0 saturated carbocycles. The molecule has 1 heterocycles. The van der Waals surface area contributed by atoms with Crippen molar-refractivity contribution in [1.82, 2.24) is 0 Å². The van der Waals surface area contributed by atoms with E-state index in [0.717, 1.165) is 20.1 Å². The van der Waals surface area contributed by atoms with E-state index in [9.17, 15) is 4.39 Å². The van der Waals surface area contributed by atoms with Crippen LogP contribution in [0.4, 0.5) is 4.39 Å². The van der Waals surface area contributed by atoms with Gasteiger partial charge in [0, 0.05) is 14.7 Å². The number of nitrogens with two attached hydrogens (primary N) is 1. The summed E-state index contributed by atoms with van der Waals surface area (Å²) in [6, 6.07) is 10.9. The van der Waals surface area contributed by atoms with Gasteiger partial charge in [0.05, 0.1) is 6.04 Å². The lowest BCUT2D eigenvalue weighted by molar-refractivity contribution is 0.592. The van der Waals surface area contributed by atoms with Crippen LogP contribution in [0.5, 0.6) is 0 Å². The van der Waals surface area contributed by atoms with E-state index in [0.29, 0.717) is 11.1 Å². The third-order valence-corrected chi connectivity index (χ3v) is 5.44. The Balaban J connectivity index is 2.16. The Morgan fingerprint density at radius 3 is 2.70 bits per heavy atom. The maximum atomic E-state index is 14.2. The third-order valence-electron chi connectivity index (χ3n) is 3.47. The highest BCUT2D eigenvalue weighted by molar-refractivity contribution is 9.10. The van der Waals surface area contributed by atoms with E-state index < -0.39 is 6.04 Å². The highest BCUT2D eigenvalue weighted by Gasteiger charge is 2.18. The Labute approximate surface area is 129 Å². The summed E-state index contributed by atoms with van der Waals surface area (Å²) in [6.45, 7) is 1.76. The maximum Gasteiger partial charge on any atom is 0.131 e. The fourth-order valence-electron chi connectivity index (χ4n) is 2.36. The first-order valence-electron chi connectivity index (χ1n) is 6.26. The summed E-state index contributed by atoms with van der Waals surface area (Å²) in [5.74, 6) is -0.214. The van der Waals surface area contributed by atoms with Crippen molar-refractivity contribution in [3.05, 3.63) is 68.8 Å². The molecular formula is C16H13BrFNS. The standard InChI is InChI=1S/C16H13BrFNS/c1-9-4-2-6-11(14(9)18)15(19)12-8-20-16-10(12)5-3-7-13(16)17/h2-8,15H,19H2,1H3. The van der Waals surface area contributed by atoms with Crippen LogP contribution in [0.15, 0.2) is 46.3 Å². The van der Waals surface area contributed by atoms with Crippen LogP contribution < -0.4 is 5.73 Å². The Morgan fingerprint density at radius 1 is 1.15 bits per heavy atom. The number of halogens is 2. The van der Waals surface area contributed by atoms with Gasteiger partial charge >= 0.3 is 0 Å². The average molecular weight is 350 g/mol. The fraction of sp³-hybridized carbons (Fsp3) is 0.125. The second-order valence-electron chi connectivity index (χ2n) is 4.76. The van der Waals surface area contributed by atoms with Gasteiger partial charge < -0.3 is 5.73 Å². The second kappa shape index (κ2) is 5.28. The van der Waals surface area contributed by atoms with Crippen molar-refractivity contribution in [2.24, 2.45) is 5.73 Å². The molecule has 0 amide bonds. The van der Waals surface area contributed by atoms with Gasteiger partial charge in [-0.05, 0) is 50.8 Å². The molecule has 0 aliphatic heterocycles. The summed E-state index contributed by atoms with van der Waals surface area (Å²) in [6.07, 6.45) is 0. The lowest BCUT2D eigenvalue weighted by Crippen LogP contribution is -2.13. The Kier molecular flexibility index (Phi) is 3.63. The number of fused-ring (bicyclic) bond motifs is 1. The van der Waals surface area contributed by atoms with Gasteiger partial charge in [0.15, 0.2) is 0 Å². The first-order valence-corrected chi connectivity index (χ1v) is 7.93. The lowest BCUT2D eigenvalue weighted by atomic mass is 9.97. The van der Waals surface area contributed by atoms with Crippen LogP contribution in [0.25, 0.3) is 10.1 Å². The van der Waals surface area contributed by atoms with Crippen LogP contribution >= 0.6 is 27.3 Å². The smallest absolute Gasteiger partial charge is 0.131 e. The van der Waals surface area contributed by atoms with Gasteiger partial charge in [0.25, 0.3) is 0 Å². The molecule has 3 rings (SSSR count). The first-order chi connectivity index (χ1) is 9.59. The third kappa shape index (κ3) is 2.18. The first kappa shape index (κ1) is 13.7. The molecule has 20 heavy (non-hydrogen) atoms. The molecule has 1 aromatic heterocycles. The number of thiophene rings is 1. The Bertz CT molecular complexity index is 781. The average Bonchev–Trinajstić information content (AvgIpc) is 2.86. The molecule has 0 fully saturated rings. The van der Waals surface area contributed by atoms with Gasteiger partial charge in [0.1, 0.15) is 5.82 Å². The minimum atomic E-state index is -0.446. The van der Waals surface area contributed by atoms with Gasteiger partial charge in [-0.3, -0.25) is 0 Å². The van der Waals surface area contributed by atoms with Gasteiger partial charge in [-0.15, -0.1) is 11.3 Å². The van der Waals surface area contributed by atoms with E-state index in [-0.39, 0.29) is 5.82 Å². The van der Waals surface area contributed by atoms with Crippen LogP contribution in [0.3, 0.4) is 0 Å². The SMILES string of the molecule is Cc1cccc(C(N)c2csc3c(Br)cccc23)c1F. The molecule has 1 nitrogen and oxygen atoms in total. The highest BCUT2D eigenvalue weighted by Crippen LogP contribution is 2.37.